The Balaban J connectivity index is 0.000000163. The molecule has 18 nitrogen and oxygen atoms in total. The second-order valence-corrected chi connectivity index (χ2v) is 14.4. The lowest BCUT2D eigenvalue weighted by molar-refractivity contribution is 0.0926. The molecular weight excluding hydrogens is 849 g/mol. The molecule has 0 aliphatic rings. The van der Waals surface area contributed by atoms with E-state index >= 15 is 0 Å². The number of methoxy groups -OCH3 is 3. The molecule has 3 aromatic carbocycles. The van der Waals surface area contributed by atoms with Crippen LogP contribution in [0.2, 0.25) is 0 Å². The number of benzene rings is 3. The highest BCUT2D eigenvalue weighted by molar-refractivity contribution is 7.13. The fraction of sp³-hybridized carbons (Fsp3) is 0.156. The maximum atomic E-state index is 12.3. The first-order valence-electron chi connectivity index (χ1n) is 19.2. The lowest BCUT2D eigenvalue weighted by Crippen LogP contribution is -2.27. The molecule has 19 heteroatoms. The van der Waals surface area contributed by atoms with Crippen molar-refractivity contribution in [3.05, 3.63) is 137 Å². The number of hydrogen-bond donors (Lipinski definition) is 5. The highest BCUT2D eigenvalue weighted by atomic mass is 32.1. The number of furan rings is 1. The Labute approximate surface area is 369 Å². The number of carbonyl (C=O) groups is 3. The molecule has 8 rings (SSSR count). The number of amides is 3. The van der Waals surface area contributed by atoms with Gasteiger partial charge >= 0.3 is 0 Å². The Morgan fingerprint density at radius 2 is 1.31 bits per heavy atom. The molecule has 0 saturated heterocycles. The number of ether oxygens (including phenoxy) is 3. The molecule has 0 atom stereocenters. The number of thiophene rings is 1. The number of nitrogens with zero attached hydrogens (tertiary/aromatic N) is 3. The first kappa shape index (κ1) is 45.4. The lowest BCUT2D eigenvalue weighted by Gasteiger charge is -2.07. The maximum Gasteiger partial charge on any atom is 0.294 e. The van der Waals surface area contributed by atoms with Crippen molar-refractivity contribution in [3.63, 3.8) is 0 Å². The summed E-state index contributed by atoms with van der Waals surface area (Å²) in [6.07, 6.45) is 1.50. The number of phenols is 2. The van der Waals surface area contributed by atoms with E-state index in [1.807, 2.05) is 31.4 Å². The van der Waals surface area contributed by atoms with Gasteiger partial charge in [0.05, 0.1) is 43.3 Å². The minimum atomic E-state index is -0.509. The van der Waals surface area contributed by atoms with Gasteiger partial charge in [-0.2, -0.15) is 0 Å². The van der Waals surface area contributed by atoms with Gasteiger partial charge in [-0.3, -0.25) is 14.4 Å². The van der Waals surface area contributed by atoms with E-state index < -0.39 is 11.8 Å². The Kier molecular flexibility index (Phi) is 15.3. The summed E-state index contributed by atoms with van der Waals surface area (Å²) in [7, 11) is 4.67. The first-order valence-corrected chi connectivity index (χ1v) is 20.0. The third-order valence-electron chi connectivity index (χ3n) is 8.82. The molecule has 0 aliphatic heterocycles. The van der Waals surface area contributed by atoms with Crippen molar-refractivity contribution in [2.45, 2.75) is 13.8 Å². The van der Waals surface area contributed by atoms with Gasteiger partial charge in [0.15, 0.2) is 34.4 Å². The zero-order chi connectivity index (χ0) is 45.6. The van der Waals surface area contributed by atoms with Crippen molar-refractivity contribution in [2.75, 3.05) is 45.1 Å². The van der Waals surface area contributed by atoms with Gasteiger partial charge in [-0.25, -0.2) is 0 Å². The molecule has 0 unspecified atom stereocenters. The molecule has 8 aromatic rings. The SMILES string of the molecule is COCCNC(=O)c1cc(-c2cccs2)on1.COc1ccc(-c2cc(C(=O)Nc3cc(C)ccc3O)on2)cc1OC.Cc1ccc(O)c(NC(=O)c2cc(-c3ccco3)on2)c1. The second kappa shape index (κ2) is 21.6. The van der Waals surface area contributed by atoms with Gasteiger partial charge in [0.25, 0.3) is 17.7 Å². The van der Waals surface area contributed by atoms with Crippen LogP contribution in [-0.2, 0) is 4.74 Å². The number of hydrogen-bond acceptors (Lipinski definition) is 16. The van der Waals surface area contributed by atoms with Crippen LogP contribution in [0.5, 0.6) is 23.0 Å². The summed E-state index contributed by atoms with van der Waals surface area (Å²) in [5.41, 5.74) is 4.02. The topological polar surface area (TPSA) is 247 Å². The van der Waals surface area contributed by atoms with Gasteiger partial charge in [0.1, 0.15) is 17.2 Å². The summed E-state index contributed by atoms with van der Waals surface area (Å²) in [5, 5.41) is 40.7. The normalized spacial score (nSPS) is 10.5. The number of phenolic OH excluding ortho intramolecular Hbond substituents is 2. The van der Waals surface area contributed by atoms with Gasteiger partial charge in [-0.15, -0.1) is 11.3 Å². The zero-order valence-electron chi connectivity index (χ0n) is 35.0. The fourth-order valence-electron chi connectivity index (χ4n) is 5.58. The van der Waals surface area contributed by atoms with Crippen molar-refractivity contribution < 1.29 is 56.8 Å². The molecule has 5 aromatic heterocycles. The van der Waals surface area contributed by atoms with Crippen LogP contribution < -0.4 is 25.4 Å². The molecule has 330 valence electrons. The Bertz CT molecular complexity index is 2790. The Morgan fingerprint density at radius 3 is 1.94 bits per heavy atom. The summed E-state index contributed by atoms with van der Waals surface area (Å²) < 4.78 is 35.8. The number of aromatic nitrogens is 3. The van der Waals surface area contributed by atoms with Crippen molar-refractivity contribution in [1.29, 1.82) is 0 Å². The van der Waals surface area contributed by atoms with Crippen LogP contribution in [0.15, 0.2) is 127 Å². The van der Waals surface area contributed by atoms with Crippen LogP contribution >= 0.6 is 11.3 Å². The fourth-order valence-corrected chi connectivity index (χ4v) is 6.25. The number of anilines is 2. The van der Waals surface area contributed by atoms with E-state index in [0.717, 1.165) is 16.0 Å². The molecule has 3 amide bonds. The molecule has 0 radical (unpaired) electrons. The Morgan fingerprint density at radius 1 is 0.656 bits per heavy atom. The van der Waals surface area contributed by atoms with Gasteiger partial charge in [0.2, 0.25) is 11.5 Å². The van der Waals surface area contributed by atoms with E-state index in [9.17, 15) is 24.6 Å². The van der Waals surface area contributed by atoms with E-state index in [1.165, 1.54) is 49.0 Å². The van der Waals surface area contributed by atoms with E-state index in [2.05, 4.69) is 31.4 Å². The molecule has 5 N–H and O–H groups in total. The van der Waals surface area contributed by atoms with E-state index in [1.54, 1.807) is 74.9 Å². The van der Waals surface area contributed by atoms with Crippen LogP contribution in [0.1, 0.15) is 42.7 Å². The lowest BCUT2D eigenvalue weighted by atomic mass is 10.1. The summed E-state index contributed by atoms with van der Waals surface area (Å²) >= 11 is 1.54. The summed E-state index contributed by atoms with van der Waals surface area (Å²) in [6.45, 7) is 4.65. The number of aryl methyl sites for hydroxylation is 2. The maximum absolute atomic E-state index is 12.3. The number of aromatic hydroxyl groups is 2. The first-order chi connectivity index (χ1) is 31.0. The van der Waals surface area contributed by atoms with Crippen molar-refractivity contribution >= 4 is 40.4 Å². The molecule has 64 heavy (non-hydrogen) atoms. The number of nitrogens with one attached hydrogen (secondary N) is 3. The number of carbonyl (C=O) groups excluding carboxylic acids is 3. The molecule has 0 saturated carbocycles. The number of rotatable bonds is 13. The van der Waals surface area contributed by atoms with Gasteiger partial charge < -0.3 is 58.4 Å². The largest absolute Gasteiger partial charge is 0.506 e. The minimum absolute atomic E-state index is 0.0105. The molecule has 0 fully saturated rings. The van der Waals surface area contributed by atoms with Crippen LogP contribution in [0.4, 0.5) is 11.4 Å². The predicted octanol–water partition coefficient (Wildman–Crippen LogP) is 8.61. The highest BCUT2D eigenvalue weighted by Gasteiger charge is 2.19. The molecule has 0 aliphatic carbocycles. The molecule has 5 heterocycles. The van der Waals surface area contributed by atoms with E-state index in [0.29, 0.717) is 64.6 Å². The molecular formula is C45H42N6O12S. The zero-order valence-corrected chi connectivity index (χ0v) is 35.8. The van der Waals surface area contributed by atoms with Crippen molar-refractivity contribution in [1.82, 2.24) is 20.8 Å². The summed E-state index contributed by atoms with van der Waals surface area (Å²) in [5.74, 6) is 1.34. The van der Waals surface area contributed by atoms with Gasteiger partial charge in [-0.05, 0) is 91.0 Å². The third kappa shape index (κ3) is 11.8. The summed E-state index contributed by atoms with van der Waals surface area (Å²) in [6, 6.07) is 27.0. The van der Waals surface area contributed by atoms with Crippen LogP contribution in [0, 0.1) is 13.8 Å². The van der Waals surface area contributed by atoms with Crippen molar-refractivity contribution in [2.24, 2.45) is 0 Å². The van der Waals surface area contributed by atoms with Crippen LogP contribution in [0.25, 0.3) is 33.4 Å². The quantitative estimate of drug-likeness (QED) is 0.0537. The standard InChI is InChI=1S/C19H18N2O5.C15H12N2O4.C11H12N2O3S/c1-11-4-6-15(22)14(8-11)20-19(23)18-10-13(21-26-18)12-5-7-16(24-2)17(9-12)25-3;1-9-4-5-12(18)10(7-9)16-15(19)11-8-14(21-17-11)13-3-2-6-20-13;1-15-5-4-12-11(14)8-7-9(16-13-8)10-3-2-6-17-10/h4-10,22H,1-3H3,(H,20,23);2-8,18H,1H3,(H,16,19);2-3,6-7H,4-5H2,1H3,(H,12,14). The smallest absolute Gasteiger partial charge is 0.294 e. The minimum Gasteiger partial charge on any atom is -0.506 e. The van der Waals surface area contributed by atoms with Gasteiger partial charge in [-0.1, -0.05) is 33.7 Å². The monoisotopic (exact) mass is 890 g/mol. The third-order valence-corrected chi connectivity index (χ3v) is 9.70. The highest BCUT2D eigenvalue weighted by Crippen LogP contribution is 2.33. The molecule has 0 bridgehead atoms. The van der Waals surface area contributed by atoms with Crippen LogP contribution in [-0.4, -0.2) is 77.9 Å². The van der Waals surface area contributed by atoms with E-state index in [-0.39, 0.29) is 34.6 Å². The average Bonchev–Trinajstić information content (AvgIpc) is 4.16. The average molecular weight is 891 g/mol. The van der Waals surface area contributed by atoms with Gasteiger partial charge in [0, 0.05) is 37.4 Å². The predicted molar refractivity (Wildman–Crippen MR) is 235 cm³/mol. The molecule has 0 spiro atoms. The Hall–Kier alpha value is -8.16. The summed E-state index contributed by atoms with van der Waals surface area (Å²) in [4.78, 5) is 37.0. The van der Waals surface area contributed by atoms with Crippen LogP contribution in [0.3, 0.4) is 0 Å². The van der Waals surface area contributed by atoms with E-state index in [4.69, 9.17) is 32.2 Å². The second-order valence-electron chi connectivity index (χ2n) is 13.5. The van der Waals surface area contributed by atoms with Crippen molar-refractivity contribution in [3.8, 4) is 56.4 Å².